The second-order valence-electron chi connectivity index (χ2n) is 7.41. The SMILES string of the molecule is Cc1ccc(-c2noc(CN3CCN(c4ccccc4S(=O)(=O)C(F)F)CC3)n2)cc1. The van der Waals surface area contributed by atoms with E-state index in [0.29, 0.717) is 50.1 Å². The van der Waals surface area contributed by atoms with Gasteiger partial charge in [0.1, 0.15) is 0 Å². The number of alkyl halides is 2. The summed E-state index contributed by atoms with van der Waals surface area (Å²) in [6.45, 7) is 4.66. The van der Waals surface area contributed by atoms with E-state index in [1.165, 1.54) is 12.1 Å². The molecule has 1 aromatic heterocycles. The smallest absolute Gasteiger partial charge is 0.341 e. The lowest BCUT2D eigenvalue weighted by Gasteiger charge is -2.36. The predicted octanol–water partition coefficient (Wildman–Crippen LogP) is 3.36. The van der Waals surface area contributed by atoms with E-state index in [2.05, 4.69) is 15.0 Å². The van der Waals surface area contributed by atoms with E-state index in [0.717, 1.165) is 11.1 Å². The Morgan fingerprint density at radius 2 is 1.71 bits per heavy atom. The topological polar surface area (TPSA) is 79.5 Å². The molecule has 0 atom stereocenters. The molecule has 4 rings (SSSR count). The number of nitrogens with zero attached hydrogens (tertiary/aromatic N) is 4. The van der Waals surface area contributed by atoms with E-state index < -0.39 is 15.6 Å². The molecule has 31 heavy (non-hydrogen) atoms. The van der Waals surface area contributed by atoms with Gasteiger partial charge < -0.3 is 9.42 Å². The molecule has 1 aliphatic heterocycles. The number of aromatic nitrogens is 2. The minimum Gasteiger partial charge on any atom is -0.368 e. The Morgan fingerprint density at radius 3 is 2.39 bits per heavy atom. The molecule has 0 unspecified atom stereocenters. The van der Waals surface area contributed by atoms with Gasteiger partial charge in [-0.05, 0) is 19.1 Å². The fourth-order valence-electron chi connectivity index (χ4n) is 3.53. The Bertz CT molecular complexity index is 1140. The third-order valence-electron chi connectivity index (χ3n) is 5.26. The van der Waals surface area contributed by atoms with Gasteiger partial charge in [0.2, 0.25) is 21.6 Å². The largest absolute Gasteiger partial charge is 0.368 e. The Kier molecular flexibility index (Phi) is 6.01. The van der Waals surface area contributed by atoms with E-state index in [1.54, 1.807) is 12.1 Å². The maximum Gasteiger partial charge on any atom is 0.341 e. The van der Waals surface area contributed by atoms with Gasteiger partial charge in [0, 0.05) is 31.7 Å². The highest BCUT2D eigenvalue weighted by atomic mass is 32.2. The Balaban J connectivity index is 1.41. The van der Waals surface area contributed by atoms with Gasteiger partial charge in [-0.2, -0.15) is 13.8 Å². The molecule has 0 spiro atoms. The summed E-state index contributed by atoms with van der Waals surface area (Å²) in [4.78, 5) is 8.04. The van der Waals surface area contributed by atoms with Crippen molar-refractivity contribution in [2.75, 3.05) is 31.1 Å². The van der Waals surface area contributed by atoms with Crippen LogP contribution in [0.25, 0.3) is 11.4 Å². The normalized spacial score (nSPS) is 15.5. The van der Waals surface area contributed by atoms with Gasteiger partial charge in [-0.25, -0.2) is 8.42 Å². The number of aryl methyl sites for hydroxylation is 1. The molecule has 1 aliphatic rings. The molecular weight excluding hydrogens is 426 g/mol. The van der Waals surface area contributed by atoms with Crippen LogP contribution in [0.15, 0.2) is 57.9 Å². The van der Waals surface area contributed by atoms with Crippen molar-refractivity contribution < 1.29 is 21.7 Å². The highest BCUT2D eigenvalue weighted by Gasteiger charge is 2.31. The van der Waals surface area contributed by atoms with E-state index in [1.807, 2.05) is 36.1 Å². The van der Waals surface area contributed by atoms with Gasteiger partial charge in [-0.3, -0.25) is 4.90 Å². The van der Waals surface area contributed by atoms with Crippen molar-refractivity contribution in [1.82, 2.24) is 15.0 Å². The van der Waals surface area contributed by atoms with Crippen molar-refractivity contribution in [3.8, 4) is 11.4 Å². The van der Waals surface area contributed by atoms with Crippen LogP contribution in [0.4, 0.5) is 14.5 Å². The quantitative estimate of drug-likeness (QED) is 0.572. The second-order valence-corrected chi connectivity index (χ2v) is 9.30. The molecule has 0 bridgehead atoms. The minimum atomic E-state index is -4.67. The molecule has 164 valence electrons. The number of benzene rings is 2. The molecular formula is C21H22F2N4O3S. The van der Waals surface area contributed by atoms with E-state index >= 15 is 0 Å². The number of rotatable bonds is 6. The van der Waals surface area contributed by atoms with E-state index in [9.17, 15) is 17.2 Å². The minimum absolute atomic E-state index is 0.307. The van der Waals surface area contributed by atoms with E-state index in [-0.39, 0.29) is 4.90 Å². The maximum absolute atomic E-state index is 13.1. The number of hydrogen-bond acceptors (Lipinski definition) is 7. The summed E-state index contributed by atoms with van der Waals surface area (Å²) in [6, 6.07) is 13.7. The van der Waals surface area contributed by atoms with Gasteiger partial charge in [-0.15, -0.1) is 0 Å². The summed E-state index contributed by atoms with van der Waals surface area (Å²) in [5.41, 5.74) is 2.33. The lowest BCUT2D eigenvalue weighted by molar-refractivity contribution is 0.215. The average molecular weight is 448 g/mol. The molecule has 2 aromatic carbocycles. The van der Waals surface area contributed by atoms with Crippen molar-refractivity contribution in [2.45, 2.75) is 24.1 Å². The van der Waals surface area contributed by atoms with Crippen LogP contribution < -0.4 is 4.90 Å². The monoisotopic (exact) mass is 448 g/mol. The van der Waals surface area contributed by atoms with Crippen molar-refractivity contribution in [3.63, 3.8) is 0 Å². The zero-order valence-corrected chi connectivity index (χ0v) is 17.7. The lowest BCUT2D eigenvalue weighted by Crippen LogP contribution is -2.46. The Labute approximate surface area is 179 Å². The van der Waals surface area contributed by atoms with Crippen molar-refractivity contribution in [3.05, 3.63) is 60.0 Å². The fraction of sp³-hybridized carbons (Fsp3) is 0.333. The standard InChI is InChI=1S/C21H22F2N4O3S/c1-15-6-8-16(9-7-15)20-24-19(30-25-20)14-26-10-12-27(13-11-26)17-4-2-3-5-18(17)31(28,29)21(22)23/h2-9,21H,10-14H2,1H3. The zero-order chi connectivity index (χ0) is 22.0. The molecule has 10 heteroatoms. The Hall–Kier alpha value is -2.85. The molecule has 1 fully saturated rings. The molecule has 0 saturated carbocycles. The van der Waals surface area contributed by atoms with E-state index in [4.69, 9.17) is 4.52 Å². The molecule has 1 saturated heterocycles. The highest BCUT2D eigenvalue weighted by molar-refractivity contribution is 7.91. The molecule has 2 heterocycles. The third kappa shape index (κ3) is 4.59. The van der Waals surface area contributed by atoms with Gasteiger partial charge in [0.05, 0.1) is 17.1 Å². The number of halogens is 2. The summed E-state index contributed by atoms with van der Waals surface area (Å²) >= 11 is 0. The molecule has 3 aromatic rings. The second kappa shape index (κ2) is 8.72. The molecule has 7 nitrogen and oxygen atoms in total. The summed E-state index contributed by atoms with van der Waals surface area (Å²) < 4.78 is 55.5. The zero-order valence-electron chi connectivity index (χ0n) is 16.9. The molecule has 0 amide bonds. The fourth-order valence-corrected chi connectivity index (χ4v) is 4.48. The first kappa shape index (κ1) is 21.4. The summed E-state index contributed by atoms with van der Waals surface area (Å²) in [7, 11) is -4.67. The molecule has 0 N–H and O–H groups in total. The number of hydrogen-bond donors (Lipinski definition) is 0. The van der Waals surface area contributed by atoms with Crippen LogP contribution in [0.5, 0.6) is 0 Å². The number of sulfone groups is 1. The maximum atomic E-state index is 13.1. The molecule has 0 radical (unpaired) electrons. The van der Waals surface area contributed by atoms with Crippen LogP contribution in [0.3, 0.4) is 0 Å². The predicted molar refractivity (Wildman–Crippen MR) is 112 cm³/mol. The van der Waals surface area contributed by atoms with Gasteiger partial charge >= 0.3 is 5.76 Å². The Morgan fingerprint density at radius 1 is 1.03 bits per heavy atom. The van der Waals surface area contributed by atoms with Crippen LogP contribution in [-0.4, -0.2) is 55.4 Å². The van der Waals surface area contributed by atoms with Gasteiger partial charge in [-0.1, -0.05) is 47.1 Å². The summed E-state index contributed by atoms with van der Waals surface area (Å²) in [5, 5.41) is 4.04. The number of para-hydroxylation sites is 1. The first-order valence-corrected chi connectivity index (χ1v) is 11.4. The van der Waals surface area contributed by atoms with Crippen molar-refractivity contribution >= 4 is 15.5 Å². The van der Waals surface area contributed by atoms with Gasteiger partial charge in [0.15, 0.2) is 0 Å². The third-order valence-corrected chi connectivity index (χ3v) is 6.68. The summed E-state index contributed by atoms with van der Waals surface area (Å²) in [5.74, 6) is -2.43. The number of piperazine rings is 1. The highest BCUT2D eigenvalue weighted by Crippen LogP contribution is 2.30. The molecule has 0 aliphatic carbocycles. The first-order valence-electron chi connectivity index (χ1n) is 9.82. The van der Waals surface area contributed by atoms with Crippen LogP contribution in [0.2, 0.25) is 0 Å². The van der Waals surface area contributed by atoms with Crippen LogP contribution in [-0.2, 0) is 16.4 Å². The number of anilines is 1. The van der Waals surface area contributed by atoms with Crippen molar-refractivity contribution in [1.29, 1.82) is 0 Å². The van der Waals surface area contributed by atoms with Crippen LogP contribution >= 0.6 is 0 Å². The van der Waals surface area contributed by atoms with Crippen LogP contribution in [0.1, 0.15) is 11.5 Å². The summed E-state index contributed by atoms with van der Waals surface area (Å²) in [6.07, 6.45) is 0. The van der Waals surface area contributed by atoms with Gasteiger partial charge in [0.25, 0.3) is 0 Å². The lowest BCUT2D eigenvalue weighted by atomic mass is 10.1. The first-order chi connectivity index (χ1) is 14.8. The van der Waals surface area contributed by atoms with Crippen molar-refractivity contribution in [2.24, 2.45) is 0 Å². The van der Waals surface area contributed by atoms with Crippen LogP contribution in [0, 0.1) is 6.92 Å². The average Bonchev–Trinajstić information content (AvgIpc) is 3.23.